The van der Waals surface area contributed by atoms with E-state index in [4.69, 9.17) is 21.1 Å². The fourth-order valence-corrected chi connectivity index (χ4v) is 4.09. The maximum Gasteiger partial charge on any atom is 0.263 e. The summed E-state index contributed by atoms with van der Waals surface area (Å²) in [4.78, 5) is 32.0. The van der Waals surface area contributed by atoms with Gasteiger partial charge in [0.25, 0.3) is 11.8 Å². The van der Waals surface area contributed by atoms with Crippen LogP contribution < -0.4 is 25.4 Å². The van der Waals surface area contributed by atoms with E-state index in [1.54, 1.807) is 24.4 Å². The summed E-state index contributed by atoms with van der Waals surface area (Å²) in [5, 5.41) is 9.35. The average molecular weight is 440 g/mol. The molecule has 0 bridgehead atoms. The summed E-state index contributed by atoms with van der Waals surface area (Å²) in [6.45, 7) is 0.421. The minimum absolute atomic E-state index is 0.114. The molecule has 0 saturated carbocycles. The first kappa shape index (κ1) is 19.3. The monoisotopic (exact) mass is 439 g/mol. The highest BCUT2D eigenvalue weighted by Crippen LogP contribution is 2.44. The lowest BCUT2D eigenvalue weighted by molar-refractivity contribution is -0.118. The Morgan fingerprint density at radius 1 is 1.26 bits per heavy atom. The number of anilines is 3. The molecule has 10 heteroatoms. The van der Waals surface area contributed by atoms with Crippen LogP contribution in [0.2, 0.25) is 5.02 Å². The second-order valence-corrected chi connectivity index (χ2v) is 7.46. The Kier molecular flexibility index (Phi) is 4.67. The zero-order valence-electron chi connectivity index (χ0n) is 16.5. The topological polar surface area (TPSA) is 117 Å². The predicted molar refractivity (Wildman–Crippen MR) is 115 cm³/mol. The number of aromatic nitrogens is 2. The normalized spacial score (nSPS) is 14.6. The first-order valence-electron chi connectivity index (χ1n) is 9.61. The Labute approximate surface area is 182 Å². The first-order valence-corrected chi connectivity index (χ1v) is 9.99. The Balaban J connectivity index is 1.70. The molecule has 2 aliphatic rings. The summed E-state index contributed by atoms with van der Waals surface area (Å²) in [5.41, 5.74) is 3.77. The second kappa shape index (κ2) is 7.51. The second-order valence-electron chi connectivity index (χ2n) is 7.05. The van der Waals surface area contributed by atoms with Crippen molar-refractivity contribution >= 4 is 40.6 Å². The van der Waals surface area contributed by atoms with Crippen LogP contribution in [0.25, 0.3) is 11.3 Å². The minimum Gasteiger partial charge on any atom is -0.493 e. The molecule has 0 unspecified atom stereocenters. The largest absolute Gasteiger partial charge is 0.493 e. The Morgan fingerprint density at radius 3 is 2.97 bits per heavy atom. The summed E-state index contributed by atoms with van der Waals surface area (Å²) >= 11 is 6.29. The zero-order valence-corrected chi connectivity index (χ0v) is 17.2. The van der Waals surface area contributed by atoms with Gasteiger partial charge in [0.05, 0.1) is 34.8 Å². The number of H-pyrrole nitrogens is 1. The Morgan fingerprint density at radius 2 is 2.13 bits per heavy atom. The number of rotatable bonds is 4. The van der Waals surface area contributed by atoms with E-state index in [0.717, 1.165) is 5.69 Å². The Bertz CT molecular complexity index is 1220. The summed E-state index contributed by atoms with van der Waals surface area (Å²) in [6, 6.07) is 7.10. The molecule has 0 saturated heterocycles. The van der Waals surface area contributed by atoms with E-state index in [0.29, 0.717) is 63.5 Å². The fourth-order valence-electron chi connectivity index (χ4n) is 3.84. The first-order chi connectivity index (χ1) is 15.1. The van der Waals surface area contributed by atoms with Crippen LogP contribution in [-0.4, -0.2) is 42.0 Å². The van der Waals surface area contributed by atoms with Gasteiger partial charge in [0.1, 0.15) is 0 Å². The number of para-hydroxylation sites is 1. The van der Waals surface area contributed by atoms with Gasteiger partial charge in [-0.25, -0.2) is 4.98 Å². The molecular weight excluding hydrogens is 422 g/mol. The van der Waals surface area contributed by atoms with Gasteiger partial charge in [-0.1, -0.05) is 17.7 Å². The number of nitrogens with zero attached hydrogens (tertiary/aromatic N) is 1. The van der Waals surface area contributed by atoms with Crippen LogP contribution in [0.1, 0.15) is 16.1 Å². The molecule has 2 aliphatic heterocycles. The van der Waals surface area contributed by atoms with Gasteiger partial charge in [-0.2, -0.15) is 0 Å². The number of carbonyl (C=O) groups is 2. The molecule has 0 atom stereocenters. The van der Waals surface area contributed by atoms with Crippen LogP contribution in [-0.2, 0) is 11.2 Å². The maximum absolute atomic E-state index is 12.8. The number of ether oxygens (including phenoxy) is 2. The molecule has 4 N–H and O–H groups in total. The van der Waals surface area contributed by atoms with E-state index in [-0.39, 0.29) is 18.4 Å². The molecule has 3 aromatic rings. The van der Waals surface area contributed by atoms with Gasteiger partial charge in [0, 0.05) is 30.4 Å². The average Bonchev–Trinajstić information content (AvgIpc) is 3.12. The molecule has 2 amide bonds. The highest BCUT2D eigenvalue weighted by atomic mass is 35.5. The van der Waals surface area contributed by atoms with Crippen LogP contribution in [0.4, 0.5) is 17.2 Å². The van der Waals surface area contributed by atoms with Crippen molar-refractivity contribution < 1.29 is 19.1 Å². The van der Waals surface area contributed by atoms with Crippen LogP contribution >= 0.6 is 11.6 Å². The molecular formula is C21H18ClN5O4. The number of halogens is 1. The van der Waals surface area contributed by atoms with Crippen molar-refractivity contribution in [1.29, 1.82) is 0 Å². The van der Waals surface area contributed by atoms with Crippen LogP contribution in [0.15, 0.2) is 30.5 Å². The summed E-state index contributed by atoms with van der Waals surface area (Å²) in [5.74, 6) is 0.759. The molecule has 0 fully saturated rings. The number of amides is 2. The lowest BCUT2D eigenvalue weighted by atomic mass is 10.0. The standard InChI is InChI=1S/C21H18ClN5O4/c1-30-19-11(22)3-2-4-13(19)26-17-15-12(6-8-24-21(15)29)25-16(17)10-5-7-23-20-18(10)31-9-14(28)27-20/h2-5,7,25-26H,6,8-9H2,1H3,(H,24,29)(H,23,27,28). The van der Waals surface area contributed by atoms with E-state index in [1.807, 2.05) is 6.07 Å². The lowest BCUT2D eigenvalue weighted by Crippen LogP contribution is -2.31. The lowest BCUT2D eigenvalue weighted by Gasteiger charge is -2.20. The van der Waals surface area contributed by atoms with Crippen LogP contribution in [0.5, 0.6) is 11.5 Å². The van der Waals surface area contributed by atoms with Crippen molar-refractivity contribution in [3.63, 3.8) is 0 Å². The molecule has 1 aromatic carbocycles. The number of pyridine rings is 1. The van der Waals surface area contributed by atoms with Gasteiger partial charge in [0.2, 0.25) is 0 Å². The number of fused-ring (bicyclic) bond motifs is 2. The summed E-state index contributed by atoms with van der Waals surface area (Å²) in [6.07, 6.45) is 2.22. The third-order valence-electron chi connectivity index (χ3n) is 5.18. The molecule has 2 aromatic heterocycles. The number of nitrogens with one attached hydrogen (secondary N) is 4. The van der Waals surface area contributed by atoms with Crippen molar-refractivity contribution in [2.45, 2.75) is 6.42 Å². The van der Waals surface area contributed by atoms with E-state index < -0.39 is 0 Å². The van der Waals surface area contributed by atoms with E-state index >= 15 is 0 Å². The van der Waals surface area contributed by atoms with Gasteiger partial charge in [0.15, 0.2) is 23.9 Å². The fraction of sp³-hybridized carbons (Fsp3) is 0.190. The van der Waals surface area contributed by atoms with E-state index in [1.165, 1.54) is 7.11 Å². The van der Waals surface area contributed by atoms with Crippen molar-refractivity contribution in [2.24, 2.45) is 0 Å². The van der Waals surface area contributed by atoms with E-state index in [2.05, 4.69) is 25.9 Å². The van der Waals surface area contributed by atoms with E-state index in [9.17, 15) is 9.59 Å². The van der Waals surface area contributed by atoms with Crippen LogP contribution in [0, 0.1) is 0 Å². The highest BCUT2D eigenvalue weighted by molar-refractivity contribution is 6.32. The van der Waals surface area contributed by atoms with Crippen molar-refractivity contribution in [3.05, 3.63) is 46.7 Å². The number of aromatic amines is 1. The van der Waals surface area contributed by atoms with Crippen molar-refractivity contribution in [2.75, 3.05) is 30.9 Å². The Hall–Kier alpha value is -3.72. The molecule has 5 rings (SSSR count). The van der Waals surface area contributed by atoms with Gasteiger partial charge < -0.3 is 30.4 Å². The number of benzene rings is 1. The van der Waals surface area contributed by atoms with Crippen LogP contribution in [0.3, 0.4) is 0 Å². The number of hydrogen-bond donors (Lipinski definition) is 4. The third-order valence-corrected chi connectivity index (χ3v) is 5.47. The molecule has 0 radical (unpaired) electrons. The molecule has 9 nitrogen and oxygen atoms in total. The zero-order chi connectivity index (χ0) is 21.5. The maximum atomic E-state index is 12.8. The molecule has 0 aliphatic carbocycles. The molecule has 4 heterocycles. The van der Waals surface area contributed by atoms with Gasteiger partial charge in [-0.15, -0.1) is 0 Å². The third kappa shape index (κ3) is 3.23. The quantitative estimate of drug-likeness (QED) is 0.496. The molecule has 0 spiro atoms. The SMILES string of the molecule is COc1c(Cl)cccc1Nc1c(-c2ccnc3c2OCC(=O)N3)[nH]c2c1C(=O)NCC2. The summed E-state index contributed by atoms with van der Waals surface area (Å²) in [7, 11) is 1.53. The molecule has 31 heavy (non-hydrogen) atoms. The molecule has 158 valence electrons. The predicted octanol–water partition coefficient (Wildman–Crippen LogP) is 3.10. The number of hydrogen-bond acceptors (Lipinski definition) is 6. The number of carbonyl (C=O) groups excluding carboxylic acids is 2. The highest BCUT2D eigenvalue weighted by Gasteiger charge is 2.30. The van der Waals surface area contributed by atoms with Gasteiger partial charge in [-0.05, 0) is 18.2 Å². The smallest absolute Gasteiger partial charge is 0.263 e. The van der Waals surface area contributed by atoms with Crippen molar-refractivity contribution in [3.8, 4) is 22.8 Å². The minimum atomic E-state index is -0.274. The van der Waals surface area contributed by atoms with Gasteiger partial charge >= 0.3 is 0 Å². The summed E-state index contributed by atoms with van der Waals surface area (Å²) < 4.78 is 11.1. The van der Waals surface area contributed by atoms with Crippen molar-refractivity contribution in [1.82, 2.24) is 15.3 Å². The number of methoxy groups -OCH3 is 1. The van der Waals surface area contributed by atoms with Gasteiger partial charge in [-0.3, -0.25) is 9.59 Å².